The summed E-state index contributed by atoms with van der Waals surface area (Å²) in [5.74, 6) is -0.425. The third-order valence-electron chi connectivity index (χ3n) is 5.89. The number of halogens is 2. The maximum atomic E-state index is 13.5. The molecule has 2 atom stereocenters. The Kier molecular flexibility index (Phi) is 6.95. The summed E-state index contributed by atoms with van der Waals surface area (Å²) in [6.07, 6.45) is 1.87. The van der Waals surface area contributed by atoms with Crippen LogP contribution in [-0.2, 0) is 13.5 Å². The van der Waals surface area contributed by atoms with E-state index in [9.17, 15) is 8.78 Å². The summed E-state index contributed by atoms with van der Waals surface area (Å²) in [4.78, 5) is 6.45. The smallest absolute Gasteiger partial charge is 0.191 e. The number of nitrogens with one attached hydrogen (secondary N) is 2. The Bertz CT molecular complexity index is 907. The normalized spacial score (nSPS) is 18.0. The van der Waals surface area contributed by atoms with Gasteiger partial charge in [0.1, 0.15) is 0 Å². The van der Waals surface area contributed by atoms with E-state index in [-0.39, 0.29) is 6.04 Å². The van der Waals surface area contributed by atoms with E-state index in [0.717, 1.165) is 49.8 Å². The average Bonchev–Trinajstić information content (AvgIpc) is 3.27. The molecule has 1 aliphatic rings. The van der Waals surface area contributed by atoms with Crippen molar-refractivity contribution in [1.82, 2.24) is 20.4 Å². The van der Waals surface area contributed by atoms with Crippen molar-refractivity contribution in [3.8, 4) is 0 Å². The maximum Gasteiger partial charge on any atom is 0.191 e. The molecule has 30 heavy (non-hydrogen) atoms. The number of benzene rings is 1. The highest BCUT2D eigenvalue weighted by atomic mass is 19.2. The number of rotatable bonds is 6. The van der Waals surface area contributed by atoms with Crippen LogP contribution in [-0.4, -0.2) is 48.5 Å². The molecule has 1 saturated heterocycles. The zero-order valence-electron chi connectivity index (χ0n) is 18.5. The molecule has 1 aromatic heterocycles. The Morgan fingerprint density at radius 2 is 2.07 bits per heavy atom. The van der Waals surface area contributed by atoms with Gasteiger partial charge in [-0.05, 0) is 57.2 Å². The van der Waals surface area contributed by atoms with E-state index in [4.69, 9.17) is 0 Å². The number of aliphatic imine (C=N–C) groups is 1. The van der Waals surface area contributed by atoms with E-state index >= 15 is 0 Å². The predicted octanol–water partition coefficient (Wildman–Crippen LogP) is 2.94. The van der Waals surface area contributed by atoms with Crippen LogP contribution >= 0.6 is 0 Å². The van der Waals surface area contributed by atoms with E-state index in [1.807, 2.05) is 18.7 Å². The molecular formula is C22H32F2N6. The first-order valence-corrected chi connectivity index (χ1v) is 10.4. The number of hydrogen-bond donors (Lipinski definition) is 2. The minimum absolute atomic E-state index is 0.208. The van der Waals surface area contributed by atoms with Gasteiger partial charge in [0.15, 0.2) is 17.6 Å². The molecule has 3 rings (SSSR count). The molecule has 2 unspecified atom stereocenters. The van der Waals surface area contributed by atoms with Gasteiger partial charge in [0.05, 0.1) is 5.69 Å². The zero-order valence-corrected chi connectivity index (χ0v) is 18.5. The molecule has 0 bridgehead atoms. The molecule has 1 aromatic carbocycles. The highest BCUT2D eigenvalue weighted by Gasteiger charge is 2.24. The van der Waals surface area contributed by atoms with Crippen molar-refractivity contribution in [2.75, 3.05) is 31.6 Å². The summed E-state index contributed by atoms with van der Waals surface area (Å²) in [7, 11) is 3.74. The molecule has 1 aliphatic heterocycles. The van der Waals surface area contributed by atoms with Crippen LogP contribution in [0.1, 0.15) is 30.3 Å². The number of nitrogens with zero attached hydrogens (tertiary/aromatic N) is 4. The third-order valence-corrected chi connectivity index (χ3v) is 5.89. The summed E-state index contributed by atoms with van der Waals surface area (Å²) in [5.41, 5.74) is 4.25. The quantitative estimate of drug-likeness (QED) is 0.560. The Labute approximate surface area is 177 Å². The molecule has 2 heterocycles. The Morgan fingerprint density at radius 3 is 2.70 bits per heavy atom. The summed E-state index contributed by atoms with van der Waals surface area (Å²) in [5, 5.41) is 11.4. The van der Waals surface area contributed by atoms with Gasteiger partial charge in [-0.2, -0.15) is 5.10 Å². The predicted molar refractivity (Wildman–Crippen MR) is 117 cm³/mol. The van der Waals surface area contributed by atoms with Crippen LogP contribution in [0.2, 0.25) is 0 Å². The number of guanidine groups is 1. The summed E-state index contributed by atoms with van der Waals surface area (Å²) in [6.45, 7) is 8.68. The fraction of sp³-hybridized carbons (Fsp3) is 0.545. The molecule has 2 aromatic rings. The first kappa shape index (κ1) is 22.1. The maximum absolute atomic E-state index is 13.5. The van der Waals surface area contributed by atoms with Gasteiger partial charge < -0.3 is 15.5 Å². The van der Waals surface area contributed by atoms with Gasteiger partial charge in [-0.15, -0.1) is 0 Å². The van der Waals surface area contributed by atoms with Gasteiger partial charge in [-0.3, -0.25) is 9.67 Å². The summed E-state index contributed by atoms with van der Waals surface area (Å²) in [6, 6.07) is 4.31. The lowest BCUT2D eigenvalue weighted by Crippen LogP contribution is -2.45. The second kappa shape index (κ2) is 9.45. The second-order valence-electron chi connectivity index (χ2n) is 8.17. The molecule has 2 N–H and O–H groups in total. The van der Waals surface area contributed by atoms with Crippen molar-refractivity contribution >= 4 is 11.6 Å². The topological polar surface area (TPSA) is 57.5 Å². The largest absolute Gasteiger partial charge is 0.371 e. The lowest BCUT2D eigenvalue weighted by molar-refractivity contribution is 0.508. The molecule has 0 radical (unpaired) electrons. The summed E-state index contributed by atoms with van der Waals surface area (Å²) < 4.78 is 28.6. The molecule has 8 heteroatoms. The molecule has 6 nitrogen and oxygen atoms in total. The van der Waals surface area contributed by atoms with Crippen molar-refractivity contribution in [2.45, 2.75) is 39.7 Å². The lowest BCUT2D eigenvalue weighted by atomic mass is 10.1. The first-order chi connectivity index (χ1) is 14.3. The van der Waals surface area contributed by atoms with Crippen LogP contribution in [0.4, 0.5) is 14.5 Å². The minimum Gasteiger partial charge on any atom is -0.371 e. The zero-order chi connectivity index (χ0) is 21.8. The molecule has 0 saturated carbocycles. The fourth-order valence-corrected chi connectivity index (χ4v) is 4.05. The van der Waals surface area contributed by atoms with Crippen LogP contribution in [0.5, 0.6) is 0 Å². The Balaban J connectivity index is 1.49. The van der Waals surface area contributed by atoms with Crippen LogP contribution in [0, 0.1) is 31.4 Å². The number of anilines is 1. The SMILES string of the molecule is CN=C(NCC1CCN(c2ccc(F)c(F)c2)C1)NC(C)Cc1c(C)nn(C)c1C. The van der Waals surface area contributed by atoms with Gasteiger partial charge >= 0.3 is 0 Å². The van der Waals surface area contributed by atoms with E-state index < -0.39 is 11.6 Å². The second-order valence-corrected chi connectivity index (χ2v) is 8.17. The molecular weight excluding hydrogens is 386 g/mol. The molecule has 0 aliphatic carbocycles. The van der Waals surface area contributed by atoms with E-state index in [2.05, 4.69) is 39.5 Å². The van der Waals surface area contributed by atoms with E-state index in [1.54, 1.807) is 13.1 Å². The van der Waals surface area contributed by atoms with Gasteiger partial charge in [0, 0.05) is 57.2 Å². The van der Waals surface area contributed by atoms with Crippen molar-refractivity contribution in [1.29, 1.82) is 0 Å². The van der Waals surface area contributed by atoms with Gasteiger partial charge in [0.25, 0.3) is 0 Å². The first-order valence-electron chi connectivity index (χ1n) is 10.4. The van der Waals surface area contributed by atoms with Crippen molar-refractivity contribution < 1.29 is 8.78 Å². The average molecular weight is 419 g/mol. The fourth-order valence-electron chi connectivity index (χ4n) is 4.05. The van der Waals surface area contributed by atoms with Crippen molar-refractivity contribution in [3.63, 3.8) is 0 Å². The molecule has 164 valence electrons. The minimum atomic E-state index is -0.808. The number of aryl methyl sites for hydroxylation is 2. The van der Waals surface area contributed by atoms with Crippen LogP contribution in [0.3, 0.4) is 0 Å². The van der Waals surface area contributed by atoms with Crippen molar-refractivity contribution in [3.05, 3.63) is 46.8 Å². The number of aromatic nitrogens is 2. The highest BCUT2D eigenvalue weighted by molar-refractivity contribution is 5.80. The summed E-state index contributed by atoms with van der Waals surface area (Å²) >= 11 is 0. The van der Waals surface area contributed by atoms with Crippen molar-refractivity contribution in [2.24, 2.45) is 18.0 Å². The van der Waals surface area contributed by atoms with Crippen LogP contribution in [0.25, 0.3) is 0 Å². The van der Waals surface area contributed by atoms with E-state index in [0.29, 0.717) is 5.92 Å². The van der Waals surface area contributed by atoms with Crippen LogP contribution < -0.4 is 15.5 Å². The Morgan fingerprint density at radius 1 is 1.30 bits per heavy atom. The lowest BCUT2D eigenvalue weighted by Gasteiger charge is -2.21. The third kappa shape index (κ3) is 5.09. The van der Waals surface area contributed by atoms with Gasteiger partial charge in [0.2, 0.25) is 0 Å². The van der Waals surface area contributed by atoms with Gasteiger partial charge in [-0.1, -0.05) is 0 Å². The monoisotopic (exact) mass is 418 g/mol. The van der Waals surface area contributed by atoms with Gasteiger partial charge in [-0.25, -0.2) is 8.78 Å². The van der Waals surface area contributed by atoms with Crippen LogP contribution in [0.15, 0.2) is 23.2 Å². The van der Waals surface area contributed by atoms with E-state index in [1.165, 1.54) is 23.4 Å². The highest BCUT2D eigenvalue weighted by Crippen LogP contribution is 2.25. The Hall–Kier alpha value is -2.64. The molecule has 0 spiro atoms. The molecule has 1 fully saturated rings. The molecule has 0 amide bonds. The number of hydrogen-bond acceptors (Lipinski definition) is 3. The standard InChI is InChI=1S/C22H32F2N6/c1-14(10-19-15(2)28-29(5)16(19)3)27-22(25-4)26-12-17-8-9-30(13-17)18-6-7-20(23)21(24)11-18/h6-7,11,14,17H,8-10,12-13H2,1-5H3,(H2,25,26,27).